The Labute approximate surface area is 120 Å². The van der Waals surface area contributed by atoms with Crippen LogP contribution >= 0.6 is 0 Å². The minimum absolute atomic E-state index is 0.272. The van der Waals surface area contributed by atoms with Crippen molar-refractivity contribution >= 4 is 0 Å². The third-order valence-corrected chi connectivity index (χ3v) is 3.84. The van der Waals surface area contributed by atoms with Gasteiger partial charge in [-0.3, -0.25) is 4.90 Å². The fraction of sp³-hybridized carbons (Fsp3) is 0.625. The quantitative estimate of drug-likeness (QED) is 0.870. The van der Waals surface area contributed by atoms with Crippen LogP contribution < -0.4 is 5.32 Å². The maximum atomic E-state index is 13.3. The van der Waals surface area contributed by atoms with Gasteiger partial charge in [-0.1, -0.05) is 19.9 Å². The summed E-state index contributed by atoms with van der Waals surface area (Å²) in [6.07, 6.45) is 2.46. The van der Waals surface area contributed by atoms with E-state index in [1.807, 2.05) is 0 Å². The topological polar surface area (TPSA) is 35.5 Å². The zero-order chi connectivity index (χ0) is 14.5. The molecule has 1 aromatic rings. The van der Waals surface area contributed by atoms with Crippen LogP contribution in [0.15, 0.2) is 18.2 Å². The van der Waals surface area contributed by atoms with Crippen molar-refractivity contribution in [3.8, 4) is 5.75 Å². The molecule has 2 rings (SSSR count). The van der Waals surface area contributed by atoms with E-state index in [1.54, 1.807) is 6.07 Å². The Morgan fingerprint density at radius 1 is 1.45 bits per heavy atom. The van der Waals surface area contributed by atoms with E-state index in [9.17, 15) is 9.50 Å². The lowest BCUT2D eigenvalue weighted by atomic mass is 9.97. The molecular formula is C16H25FN2O. The summed E-state index contributed by atoms with van der Waals surface area (Å²) in [4.78, 5) is 2.38. The molecule has 20 heavy (non-hydrogen) atoms. The molecule has 1 aromatic carbocycles. The Hall–Kier alpha value is -1.13. The zero-order valence-electron chi connectivity index (χ0n) is 12.4. The molecule has 0 amide bonds. The number of rotatable bonds is 5. The van der Waals surface area contributed by atoms with Gasteiger partial charge in [0.1, 0.15) is 0 Å². The Kier molecular flexibility index (Phi) is 5.38. The van der Waals surface area contributed by atoms with Crippen LogP contribution in [-0.4, -0.2) is 35.7 Å². The fourth-order valence-corrected chi connectivity index (χ4v) is 2.77. The molecule has 2 N–H and O–H groups in total. The third kappa shape index (κ3) is 4.46. The number of aromatic hydroxyl groups is 1. The first kappa shape index (κ1) is 15.3. The zero-order valence-corrected chi connectivity index (χ0v) is 12.4. The van der Waals surface area contributed by atoms with Crippen LogP contribution in [-0.2, 0) is 6.54 Å². The van der Waals surface area contributed by atoms with E-state index < -0.39 is 5.82 Å². The van der Waals surface area contributed by atoms with Gasteiger partial charge < -0.3 is 10.4 Å². The molecule has 1 aliphatic rings. The van der Waals surface area contributed by atoms with Gasteiger partial charge >= 0.3 is 0 Å². The second-order valence-electron chi connectivity index (χ2n) is 6.09. The average molecular weight is 280 g/mol. The number of phenolic OH excluding ortho intramolecular Hbond substituents is 1. The molecule has 0 aromatic heterocycles. The van der Waals surface area contributed by atoms with E-state index in [1.165, 1.54) is 25.0 Å². The molecule has 0 spiro atoms. The van der Waals surface area contributed by atoms with Crippen LogP contribution in [0, 0.1) is 11.7 Å². The third-order valence-electron chi connectivity index (χ3n) is 3.84. The molecule has 0 saturated carbocycles. The lowest BCUT2D eigenvalue weighted by Crippen LogP contribution is -2.40. The van der Waals surface area contributed by atoms with Crippen LogP contribution in [0.4, 0.5) is 4.39 Å². The molecule has 1 heterocycles. The summed E-state index contributed by atoms with van der Waals surface area (Å²) >= 11 is 0. The van der Waals surface area contributed by atoms with Crippen LogP contribution in [0.2, 0.25) is 0 Å². The van der Waals surface area contributed by atoms with Crippen molar-refractivity contribution in [2.75, 3.05) is 19.6 Å². The summed E-state index contributed by atoms with van der Waals surface area (Å²) < 4.78 is 13.3. The predicted octanol–water partition coefficient (Wildman–Crippen LogP) is 2.74. The molecule has 0 radical (unpaired) electrons. The first-order valence-electron chi connectivity index (χ1n) is 7.47. The first-order chi connectivity index (χ1) is 9.54. The van der Waals surface area contributed by atoms with E-state index in [-0.39, 0.29) is 5.75 Å². The van der Waals surface area contributed by atoms with Crippen molar-refractivity contribution in [3.63, 3.8) is 0 Å². The summed E-state index contributed by atoms with van der Waals surface area (Å²) in [5, 5.41) is 12.7. The predicted molar refractivity (Wildman–Crippen MR) is 79.2 cm³/mol. The van der Waals surface area contributed by atoms with Crippen LogP contribution in [0.3, 0.4) is 0 Å². The Morgan fingerprint density at radius 3 is 2.95 bits per heavy atom. The molecule has 1 saturated heterocycles. The summed E-state index contributed by atoms with van der Waals surface area (Å²) in [6, 6.07) is 5.20. The summed E-state index contributed by atoms with van der Waals surface area (Å²) in [5.41, 5.74) is 0.928. The highest BCUT2D eigenvalue weighted by Crippen LogP contribution is 2.21. The number of halogens is 1. The molecule has 3 nitrogen and oxygen atoms in total. The highest BCUT2D eigenvalue weighted by molar-refractivity contribution is 5.27. The molecule has 1 aliphatic heterocycles. The monoisotopic (exact) mass is 280 g/mol. The van der Waals surface area contributed by atoms with Gasteiger partial charge in [0.25, 0.3) is 0 Å². The summed E-state index contributed by atoms with van der Waals surface area (Å²) in [5.74, 6) is -0.128. The van der Waals surface area contributed by atoms with Gasteiger partial charge in [0, 0.05) is 19.1 Å². The van der Waals surface area contributed by atoms with E-state index >= 15 is 0 Å². The van der Waals surface area contributed by atoms with E-state index in [0.717, 1.165) is 31.7 Å². The van der Waals surface area contributed by atoms with Crippen molar-refractivity contribution in [3.05, 3.63) is 29.6 Å². The highest BCUT2D eigenvalue weighted by atomic mass is 19.1. The van der Waals surface area contributed by atoms with Gasteiger partial charge in [0.2, 0.25) is 0 Å². The number of phenols is 1. The Morgan fingerprint density at radius 2 is 2.25 bits per heavy atom. The number of nitrogens with one attached hydrogen (secondary N) is 1. The van der Waals surface area contributed by atoms with Crippen molar-refractivity contribution < 1.29 is 9.50 Å². The van der Waals surface area contributed by atoms with E-state index in [2.05, 4.69) is 24.1 Å². The SMILES string of the molecule is CC(C)NCC1CCCN(Cc2ccc(O)c(F)c2)C1. The fourth-order valence-electron chi connectivity index (χ4n) is 2.77. The molecule has 1 atom stereocenters. The molecule has 112 valence electrons. The molecule has 0 bridgehead atoms. The van der Waals surface area contributed by atoms with Gasteiger partial charge in [-0.2, -0.15) is 0 Å². The van der Waals surface area contributed by atoms with Crippen LogP contribution in [0.25, 0.3) is 0 Å². The number of benzene rings is 1. The van der Waals surface area contributed by atoms with Gasteiger partial charge in [-0.15, -0.1) is 0 Å². The second kappa shape index (κ2) is 7.04. The average Bonchev–Trinajstić information content (AvgIpc) is 2.41. The second-order valence-corrected chi connectivity index (χ2v) is 6.09. The van der Waals surface area contributed by atoms with Gasteiger partial charge in [0.05, 0.1) is 0 Å². The normalized spacial score (nSPS) is 20.5. The van der Waals surface area contributed by atoms with Gasteiger partial charge in [-0.25, -0.2) is 4.39 Å². The number of nitrogens with zero attached hydrogens (tertiary/aromatic N) is 1. The molecule has 0 aliphatic carbocycles. The van der Waals surface area contributed by atoms with Crippen molar-refractivity contribution in [2.45, 2.75) is 39.3 Å². The molecular weight excluding hydrogens is 255 g/mol. The summed E-state index contributed by atoms with van der Waals surface area (Å²) in [6.45, 7) is 8.27. The Balaban J connectivity index is 1.87. The van der Waals surface area contributed by atoms with Crippen molar-refractivity contribution in [1.82, 2.24) is 10.2 Å². The van der Waals surface area contributed by atoms with Crippen molar-refractivity contribution in [1.29, 1.82) is 0 Å². The lowest BCUT2D eigenvalue weighted by molar-refractivity contribution is 0.163. The molecule has 1 fully saturated rings. The largest absolute Gasteiger partial charge is 0.505 e. The van der Waals surface area contributed by atoms with Gasteiger partial charge in [0.15, 0.2) is 11.6 Å². The number of likely N-dealkylation sites (tertiary alicyclic amines) is 1. The van der Waals surface area contributed by atoms with Crippen LogP contribution in [0.1, 0.15) is 32.3 Å². The lowest BCUT2D eigenvalue weighted by Gasteiger charge is -2.33. The number of piperidine rings is 1. The standard InChI is InChI=1S/C16H25FN2O/c1-12(2)18-9-14-4-3-7-19(11-14)10-13-5-6-16(20)15(17)8-13/h5-6,8,12,14,18,20H,3-4,7,9-11H2,1-2H3. The number of hydrogen-bond acceptors (Lipinski definition) is 3. The minimum atomic E-state index is -0.530. The summed E-state index contributed by atoms with van der Waals surface area (Å²) in [7, 11) is 0. The van der Waals surface area contributed by atoms with E-state index in [0.29, 0.717) is 12.0 Å². The van der Waals surface area contributed by atoms with Crippen LogP contribution in [0.5, 0.6) is 5.75 Å². The van der Waals surface area contributed by atoms with Gasteiger partial charge in [-0.05, 0) is 49.5 Å². The Bertz CT molecular complexity index is 436. The molecule has 4 heteroatoms. The first-order valence-corrected chi connectivity index (χ1v) is 7.47. The maximum Gasteiger partial charge on any atom is 0.165 e. The number of hydrogen-bond donors (Lipinski definition) is 2. The maximum absolute atomic E-state index is 13.3. The smallest absolute Gasteiger partial charge is 0.165 e. The van der Waals surface area contributed by atoms with Crippen molar-refractivity contribution in [2.24, 2.45) is 5.92 Å². The minimum Gasteiger partial charge on any atom is -0.505 e. The molecule has 1 unspecified atom stereocenters. The van der Waals surface area contributed by atoms with E-state index in [4.69, 9.17) is 0 Å². The highest BCUT2D eigenvalue weighted by Gasteiger charge is 2.20.